The van der Waals surface area contributed by atoms with Gasteiger partial charge in [-0.05, 0) is 21.3 Å². The van der Waals surface area contributed by atoms with Crippen molar-refractivity contribution >= 4 is 38.0 Å². The number of hydrogen-bond donors (Lipinski definition) is 1. The highest BCUT2D eigenvalue weighted by Crippen LogP contribution is 2.30. The van der Waals surface area contributed by atoms with E-state index in [1.807, 2.05) is 29.6 Å². The van der Waals surface area contributed by atoms with Gasteiger partial charge in [0.2, 0.25) is 0 Å². The smallest absolute Gasteiger partial charge is 0.133 e. The third kappa shape index (κ3) is 2.05. The zero-order chi connectivity index (χ0) is 12.5. The monoisotopic (exact) mass is 320 g/mol. The molecule has 0 bridgehead atoms. The van der Waals surface area contributed by atoms with E-state index in [2.05, 4.69) is 25.9 Å². The molecule has 1 aromatic carbocycles. The molecule has 0 fully saturated rings. The van der Waals surface area contributed by atoms with Crippen molar-refractivity contribution in [2.24, 2.45) is 0 Å². The fourth-order valence-corrected chi connectivity index (χ4v) is 3.15. The van der Waals surface area contributed by atoms with Crippen LogP contribution in [0.3, 0.4) is 0 Å². The van der Waals surface area contributed by atoms with Crippen molar-refractivity contribution in [3.8, 4) is 0 Å². The minimum absolute atomic E-state index is 0.667. The summed E-state index contributed by atoms with van der Waals surface area (Å²) >= 11 is 4.72. The normalized spacial score (nSPS) is 12.8. The first-order valence-corrected chi connectivity index (χ1v) is 7.04. The van der Waals surface area contributed by atoms with Crippen molar-refractivity contribution in [1.29, 1.82) is 0 Å². The Kier molecular flexibility index (Phi) is 3.11. The molecule has 90 valence electrons. The highest BCUT2D eigenvalue weighted by atomic mass is 79.9. The number of aliphatic hydroxyl groups excluding tert-OH is 1. The van der Waals surface area contributed by atoms with Crippen molar-refractivity contribution in [2.45, 2.75) is 6.10 Å². The molecule has 0 aliphatic heterocycles. The fourth-order valence-electron chi connectivity index (χ4n) is 1.88. The largest absolute Gasteiger partial charge is 0.381 e. The predicted octanol–water partition coefficient (Wildman–Crippen LogP) is 3.54. The molecule has 0 aliphatic rings. The van der Waals surface area contributed by atoms with Crippen LogP contribution in [-0.4, -0.2) is 15.1 Å². The van der Waals surface area contributed by atoms with Crippen LogP contribution >= 0.6 is 27.3 Å². The van der Waals surface area contributed by atoms with Crippen LogP contribution in [0.1, 0.15) is 16.7 Å². The number of hydrogen-bond acceptors (Lipinski definition) is 4. The maximum absolute atomic E-state index is 10.4. The van der Waals surface area contributed by atoms with Gasteiger partial charge in [-0.2, -0.15) is 0 Å². The summed E-state index contributed by atoms with van der Waals surface area (Å²) in [6.45, 7) is 0. The molecule has 0 saturated heterocycles. The van der Waals surface area contributed by atoms with Crippen molar-refractivity contribution in [1.82, 2.24) is 9.97 Å². The average molecular weight is 321 g/mol. The molecule has 0 radical (unpaired) electrons. The number of nitrogens with zero attached hydrogens (tertiary/aromatic N) is 2. The van der Waals surface area contributed by atoms with E-state index in [4.69, 9.17) is 0 Å². The summed E-state index contributed by atoms with van der Waals surface area (Å²) in [7, 11) is 0. The summed E-state index contributed by atoms with van der Waals surface area (Å²) in [5, 5.41) is 14.9. The molecule has 0 aliphatic carbocycles. The van der Waals surface area contributed by atoms with E-state index in [1.54, 1.807) is 12.4 Å². The summed E-state index contributed by atoms with van der Waals surface area (Å²) in [6, 6.07) is 7.88. The van der Waals surface area contributed by atoms with Gasteiger partial charge in [0, 0.05) is 28.7 Å². The van der Waals surface area contributed by atoms with Crippen LogP contribution < -0.4 is 0 Å². The molecular weight excluding hydrogens is 312 g/mol. The van der Waals surface area contributed by atoms with Crippen LogP contribution in [0.2, 0.25) is 0 Å². The van der Waals surface area contributed by atoms with Crippen molar-refractivity contribution in [3.05, 3.63) is 57.2 Å². The Hall–Kier alpha value is -1.30. The molecular formula is C13H9BrN2OS. The first-order valence-electron chi connectivity index (χ1n) is 5.37. The first kappa shape index (κ1) is 11.8. The van der Waals surface area contributed by atoms with E-state index in [9.17, 15) is 5.11 Å². The summed E-state index contributed by atoms with van der Waals surface area (Å²) < 4.78 is 0.745. The van der Waals surface area contributed by atoms with Crippen LogP contribution in [0.25, 0.3) is 10.8 Å². The predicted molar refractivity (Wildman–Crippen MR) is 75.6 cm³/mol. The zero-order valence-electron chi connectivity index (χ0n) is 9.25. The molecule has 1 N–H and O–H groups in total. The van der Waals surface area contributed by atoms with Crippen molar-refractivity contribution in [3.63, 3.8) is 0 Å². The lowest BCUT2D eigenvalue weighted by Gasteiger charge is -2.10. The lowest BCUT2D eigenvalue weighted by atomic mass is 10.0. The molecule has 0 spiro atoms. The highest BCUT2D eigenvalue weighted by Gasteiger charge is 2.17. The van der Waals surface area contributed by atoms with E-state index in [0.29, 0.717) is 5.01 Å². The molecule has 3 aromatic rings. The van der Waals surface area contributed by atoms with E-state index < -0.39 is 6.10 Å². The zero-order valence-corrected chi connectivity index (χ0v) is 11.6. The maximum Gasteiger partial charge on any atom is 0.133 e. The van der Waals surface area contributed by atoms with Gasteiger partial charge in [0.1, 0.15) is 15.7 Å². The maximum atomic E-state index is 10.4. The molecule has 0 amide bonds. The van der Waals surface area contributed by atoms with Crippen LogP contribution in [-0.2, 0) is 0 Å². The molecule has 1 atom stereocenters. The Labute approximate surface area is 116 Å². The lowest BCUT2D eigenvalue weighted by Crippen LogP contribution is -2.00. The van der Waals surface area contributed by atoms with Gasteiger partial charge in [-0.1, -0.05) is 24.3 Å². The van der Waals surface area contributed by atoms with Crippen LogP contribution in [0, 0.1) is 0 Å². The number of aliphatic hydroxyl groups is 1. The van der Waals surface area contributed by atoms with Gasteiger partial charge in [0.15, 0.2) is 0 Å². The molecule has 0 saturated carbocycles. The third-order valence-corrected chi connectivity index (χ3v) is 4.33. The quantitative estimate of drug-likeness (QED) is 0.785. The molecule has 18 heavy (non-hydrogen) atoms. The SMILES string of the molecule is OC(c1nc(Br)cs1)c1cncc2ccccc12. The van der Waals surface area contributed by atoms with Gasteiger partial charge in [0.25, 0.3) is 0 Å². The van der Waals surface area contributed by atoms with Crippen LogP contribution in [0.5, 0.6) is 0 Å². The van der Waals surface area contributed by atoms with Gasteiger partial charge in [0.05, 0.1) is 0 Å². The van der Waals surface area contributed by atoms with E-state index in [-0.39, 0.29) is 0 Å². The molecule has 2 aromatic heterocycles. The molecule has 3 nitrogen and oxygen atoms in total. The second-order valence-corrected chi connectivity index (χ2v) is 5.56. The van der Waals surface area contributed by atoms with Gasteiger partial charge in [-0.15, -0.1) is 11.3 Å². The molecule has 5 heteroatoms. The minimum Gasteiger partial charge on any atom is -0.381 e. The van der Waals surface area contributed by atoms with Gasteiger partial charge >= 0.3 is 0 Å². The second-order valence-electron chi connectivity index (χ2n) is 3.86. The number of thiazole rings is 1. The fraction of sp³-hybridized carbons (Fsp3) is 0.0769. The second kappa shape index (κ2) is 4.76. The minimum atomic E-state index is -0.736. The molecule has 2 heterocycles. The Morgan fingerprint density at radius 2 is 2.06 bits per heavy atom. The highest BCUT2D eigenvalue weighted by molar-refractivity contribution is 9.10. The summed E-state index contributed by atoms with van der Waals surface area (Å²) in [5.74, 6) is 0. The van der Waals surface area contributed by atoms with Gasteiger partial charge < -0.3 is 5.11 Å². The topological polar surface area (TPSA) is 46.0 Å². The van der Waals surface area contributed by atoms with Crippen LogP contribution in [0.15, 0.2) is 46.6 Å². The Bertz CT molecular complexity index is 693. The number of rotatable bonds is 2. The summed E-state index contributed by atoms with van der Waals surface area (Å²) in [6.07, 6.45) is 2.76. The van der Waals surface area contributed by atoms with Crippen molar-refractivity contribution in [2.75, 3.05) is 0 Å². The number of fused-ring (bicyclic) bond motifs is 1. The van der Waals surface area contributed by atoms with E-state index >= 15 is 0 Å². The van der Waals surface area contributed by atoms with Gasteiger partial charge in [-0.3, -0.25) is 4.98 Å². The number of benzene rings is 1. The number of halogens is 1. The Morgan fingerprint density at radius 1 is 1.22 bits per heavy atom. The Morgan fingerprint density at radius 3 is 2.83 bits per heavy atom. The van der Waals surface area contributed by atoms with Crippen molar-refractivity contribution < 1.29 is 5.11 Å². The standard InChI is InChI=1S/C13H9BrN2OS/c14-11-7-18-13(16-11)12(17)10-6-15-5-8-3-1-2-4-9(8)10/h1-7,12,17H. The van der Waals surface area contributed by atoms with Crippen LogP contribution in [0.4, 0.5) is 0 Å². The summed E-state index contributed by atoms with van der Waals surface area (Å²) in [4.78, 5) is 8.42. The summed E-state index contributed by atoms with van der Waals surface area (Å²) in [5.41, 5.74) is 0.787. The van der Waals surface area contributed by atoms with E-state index in [0.717, 1.165) is 20.9 Å². The lowest BCUT2D eigenvalue weighted by molar-refractivity contribution is 0.221. The first-order chi connectivity index (χ1) is 8.75. The average Bonchev–Trinajstić information content (AvgIpc) is 2.84. The molecule has 3 rings (SSSR count). The van der Waals surface area contributed by atoms with E-state index in [1.165, 1.54) is 11.3 Å². The third-order valence-electron chi connectivity index (χ3n) is 2.72. The number of aromatic nitrogens is 2. The van der Waals surface area contributed by atoms with Gasteiger partial charge in [-0.25, -0.2) is 4.98 Å². The molecule has 1 unspecified atom stereocenters. The number of pyridine rings is 1. The Balaban J connectivity index is 2.14.